The van der Waals surface area contributed by atoms with Crippen molar-refractivity contribution in [1.82, 2.24) is 5.32 Å². The largest absolute Gasteiger partial charge is 0.352 e. The summed E-state index contributed by atoms with van der Waals surface area (Å²) in [5.74, 6) is 0.751. The second-order valence-corrected chi connectivity index (χ2v) is 6.71. The quantitative estimate of drug-likeness (QED) is 0.467. The predicted octanol–water partition coefficient (Wildman–Crippen LogP) is 4.40. The van der Waals surface area contributed by atoms with E-state index in [1.54, 1.807) is 0 Å². The highest BCUT2D eigenvalue weighted by Crippen LogP contribution is 2.10. The van der Waals surface area contributed by atoms with Crippen LogP contribution in [0.5, 0.6) is 0 Å². The maximum atomic E-state index is 11.8. The highest BCUT2D eigenvalue weighted by atomic mass is 16.1. The summed E-state index contributed by atoms with van der Waals surface area (Å²) in [6.45, 7) is 7.12. The minimum absolute atomic E-state index is 0.149. The minimum atomic E-state index is 0.149. The third-order valence-corrected chi connectivity index (χ3v) is 3.91. The summed E-state index contributed by atoms with van der Waals surface area (Å²) in [7, 11) is 0. The van der Waals surface area contributed by atoms with Crippen LogP contribution in [-0.4, -0.2) is 18.5 Å². The zero-order valence-electron chi connectivity index (χ0n) is 14.6. The molecule has 0 aromatic carbocycles. The molecule has 0 rings (SSSR count). The molecular formula is C18H38N2O. The van der Waals surface area contributed by atoms with Crippen LogP contribution in [0.15, 0.2) is 0 Å². The van der Waals surface area contributed by atoms with E-state index in [4.69, 9.17) is 5.73 Å². The van der Waals surface area contributed by atoms with E-state index in [1.807, 2.05) is 0 Å². The number of rotatable bonds is 14. The van der Waals surface area contributed by atoms with Crippen molar-refractivity contribution in [2.75, 3.05) is 6.54 Å². The van der Waals surface area contributed by atoms with E-state index >= 15 is 0 Å². The number of nitrogens with one attached hydrogen (secondary N) is 1. The molecule has 0 spiro atoms. The average Bonchev–Trinajstić information content (AvgIpc) is 2.44. The second-order valence-electron chi connectivity index (χ2n) is 6.71. The van der Waals surface area contributed by atoms with Gasteiger partial charge >= 0.3 is 0 Å². The zero-order chi connectivity index (χ0) is 15.9. The molecule has 0 bridgehead atoms. The third kappa shape index (κ3) is 14.1. The predicted molar refractivity (Wildman–Crippen MR) is 92.3 cm³/mol. The summed E-state index contributed by atoms with van der Waals surface area (Å²) in [6, 6.07) is 0.149. The van der Waals surface area contributed by atoms with E-state index < -0.39 is 0 Å². The molecule has 0 saturated carbocycles. The van der Waals surface area contributed by atoms with Gasteiger partial charge in [-0.2, -0.15) is 0 Å². The molecule has 0 heterocycles. The van der Waals surface area contributed by atoms with Crippen molar-refractivity contribution in [3.63, 3.8) is 0 Å². The molecule has 21 heavy (non-hydrogen) atoms. The fourth-order valence-corrected chi connectivity index (χ4v) is 2.68. The van der Waals surface area contributed by atoms with Gasteiger partial charge in [0.05, 0.1) is 0 Å². The molecule has 0 aromatic rings. The molecule has 0 aliphatic heterocycles. The highest BCUT2D eigenvalue weighted by Gasteiger charge is 2.11. The van der Waals surface area contributed by atoms with Gasteiger partial charge in [0.2, 0.25) is 5.91 Å². The first kappa shape index (κ1) is 20.4. The molecule has 1 unspecified atom stereocenters. The summed E-state index contributed by atoms with van der Waals surface area (Å²) in [4.78, 5) is 11.8. The molecule has 3 N–H and O–H groups in total. The third-order valence-electron chi connectivity index (χ3n) is 3.91. The van der Waals surface area contributed by atoms with Crippen LogP contribution in [0, 0.1) is 5.92 Å². The smallest absolute Gasteiger partial charge is 0.220 e. The summed E-state index contributed by atoms with van der Waals surface area (Å²) in [5.41, 5.74) is 5.70. The summed E-state index contributed by atoms with van der Waals surface area (Å²) < 4.78 is 0. The van der Waals surface area contributed by atoms with Crippen molar-refractivity contribution in [2.45, 2.75) is 97.4 Å². The maximum absolute atomic E-state index is 11.8. The van der Waals surface area contributed by atoms with Crippen molar-refractivity contribution < 1.29 is 4.79 Å². The van der Waals surface area contributed by atoms with Gasteiger partial charge in [-0.05, 0) is 18.8 Å². The van der Waals surface area contributed by atoms with E-state index in [9.17, 15) is 4.79 Å². The Morgan fingerprint density at radius 3 is 1.95 bits per heavy atom. The Morgan fingerprint density at radius 2 is 1.48 bits per heavy atom. The van der Waals surface area contributed by atoms with Crippen LogP contribution in [0.3, 0.4) is 0 Å². The van der Waals surface area contributed by atoms with Crippen LogP contribution < -0.4 is 11.1 Å². The molecular weight excluding hydrogens is 260 g/mol. The first-order valence-corrected chi connectivity index (χ1v) is 9.09. The Balaban J connectivity index is 3.44. The summed E-state index contributed by atoms with van der Waals surface area (Å²) in [6.07, 6.45) is 13.2. The first-order chi connectivity index (χ1) is 10.1. The molecule has 3 nitrogen and oxygen atoms in total. The maximum Gasteiger partial charge on any atom is 0.220 e. The Morgan fingerprint density at radius 1 is 0.952 bits per heavy atom. The Hall–Kier alpha value is -0.570. The van der Waals surface area contributed by atoms with Crippen molar-refractivity contribution >= 4 is 5.91 Å². The van der Waals surface area contributed by atoms with E-state index in [2.05, 4.69) is 26.1 Å². The molecule has 0 saturated heterocycles. The zero-order valence-corrected chi connectivity index (χ0v) is 14.6. The van der Waals surface area contributed by atoms with Gasteiger partial charge in [0, 0.05) is 19.0 Å². The number of hydrogen-bond donors (Lipinski definition) is 2. The lowest BCUT2D eigenvalue weighted by molar-refractivity contribution is -0.121. The Kier molecular flexibility index (Phi) is 14.0. The molecule has 0 radical (unpaired) electrons. The number of unbranched alkanes of at least 4 members (excludes halogenated alkanes) is 8. The molecule has 0 aliphatic rings. The van der Waals surface area contributed by atoms with Crippen molar-refractivity contribution in [2.24, 2.45) is 11.7 Å². The Bertz CT molecular complexity index is 241. The number of hydrogen-bond acceptors (Lipinski definition) is 2. The standard InChI is InChI=1S/C18H38N2O/c1-4-5-6-7-8-9-10-11-12-13-18(21)20-17(15-19)14-16(2)3/h16-17H,4-15,19H2,1-3H3,(H,20,21). The summed E-state index contributed by atoms with van der Waals surface area (Å²) in [5, 5.41) is 3.06. The molecule has 0 fully saturated rings. The SMILES string of the molecule is CCCCCCCCCCCC(=O)NC(CN)CC(C)C. The van der Waals surface area contributed by atoms with E-state index in [-0.39, 0.29) is 11.9 Å². The van der Waals surface area contributed by atoms with Crippen molar-refractivity contribution in [3.05, 3.63) is 0 Å². The number of carbonyl (C=O) groups is 1. The van der Waals surface area contributed by atoms with Crippen LogP contribution in [0.4, 0.5) is 0 Å². The lowest BCUT2D eigenvalue weighted by Gasteiger charge is -2.18. The number of amides is 1. The van der Waals surface area contributed by atoms with Gasteiger partial charge in [-0.1, -0.05) is 72.1 Å². The highest BCUT2D eigenvalue weighted by molar-refractivity contribution is 5.76. The van der Waals surface area contributed by atoms with Gasteiger partial charge in [-0.25, -0.2) is 0 Å². The van der Waals surface area contributed by atoms with Crippen LogP contribution >= 0.6 is 0 Å². The lowest BCUT2D eigenvalue weighted by atomic mass is 10.0. The minimum Gasteiger partial charge on any atom is -0.352 e. The molecule has 126 valence electrons. The lowest BCUT2D eigenvalue weighted by Crippen LogP contribution is -2.40. The van der Waals surface area contributed by atoms with E-state index in [1.165, 1.54) is 51.4 Å². The molecule has 0 aromatic heterocycles. The van der Waals surface area contributed by atoms with Gasteiger partial charge < -0.3 is 11.1 Å². The average molecular weight is 299 g/mol. The van der Waals surface area contributed by atoms with Crippen LogP contribution in [0.25, 0.3) is 0 Å². The van der Waals surface area contributed by atoms with E-state index in [0.29, 0.717) is 18.9 Å². The fraction of sp³-hybridized carbons (Fsp3) is 0.944. The Labute approximate surface area is 132 Å². The monoisotopic (exact) mass is 298 g/mol. The van der Waals surface area contributed by atoms with Gasteiger partial charge in [0.15, 0.2) is 0 Å². The first-order valence-electron chi connectivity index (χ1n) is 9.09. The summed E-state index contributed by atoms with van der Waals surface area (Å²) >= 11 is 0. The normalized spacial score (nSPS) is 12.6. The molecule has 3 heteroatoms. The number of carbonyl (C=O) groups excluding carboxylic acids is 1. The van der Waals surface area contributed by atoms with Gasteiger partial charge in [-0.15, -0.1) is 0 Å². The second kappa shape index (κ2) is 14.4. The molecule has 1 atom stereocenters. The number of nitrogens with two attached hydrogens (primary N) is 1. The van der Waals surface area contributed by atoms with Crippen molar-refractivity contribution in [1.29, 1.82) is 0 Å². The molecule has 1 amide bonds. The fourth-order valence-electron chi connectivity index (χ4n) is 2.68. The molecule has 0 aliphatic carbocycles. The topological polar surface area (TPSA) is 55.1 Å². The van der Waals surface area contributed by atoms with E-state index in [0.717, 1.165) is 12.8 Å². The van der Waals surface area contributed by atoms with Crippen LogP contribution in [0.2, 0.25) is 0 Å². The van der Waals surface area contributed by atoms with Gasteiger partial charge in [0.25, 0.3) is 0 Å². The van der Waals surface area contributed by atoms with Crippen molar-refractivity contribution in [3.8, 4) is 0 Å². The van der Waals surface area contributed by atoms with Crippen LogP contribution in [-0.2, 0) is 4.79 Å². The van der Waals surface area contributed by atoms with Crippen LogP contribution in [0.1, 0.15) is 91.4 Å². The van der Waals surface area contributed by atoms with Gasteiger partial charge in [-0.3, -0.25) is 4.79 Å². The van der Waals surface area contributed by atoms with Gasteiger partial charge in [0.1, 0.15) is 0 Å².